The van der Waals surface area contributed by atoms with Crippen LogP contribution in [0.3, 0.4) is 0 Å². The number of nitrogen functional groups attached to an aromatic ring is 1. The van der Waals surface area contributed by atoms with Gasteiger partial charge in [-0.1, -0.05) is 0 Å². The lowest BCUT2D eigenvalue weighted by Crippen LogP contribution is -2.31. The number of halogens is 1. The smallest absolute Gasteiger partial charge is 0.165 e. The van der Waals surface area contributed by atoms with Crippen LogP contribution >= 0.6 is 0 Å². The van der Waals surface area contributed by atoms with E-state index in [0.29, 0.717) is 17.3 Å². The first-order chi connectivity index (χ1) is 12.7. The largest absolute Gasteiger partial charge is 0.488 e. The average Bonchev–Trinajstić information content (AvgIpc) is 2.65. The highest BCUT2D eigenvalue weighted by molar-refractivity contribution is 5.84. The van der Waals surface area contributed by atoms with E-state index in [1.165, 1.54) is 6.07 Å². The van der Waals surface area contributed by atoms with Gasteiger partial charge in [0, 0.05) is 36.4 Å². The number of nitrogens with one attached hydrogen (secondary N) is 1. The standard InChI is InChI=1S/C19H20FN5O/c20-15-2-1-7-24-19(15)25-13-3-5-14(6-4-13)26-17-11-12(21)10-16-18(17)23-9-8-22-16/h1-2,7-11,13-14H,3-6,21H2,(H,24,25). The third-order valence-electron chi connectivity index (χ3n) is 4.63. The second-order valence-corrected chi connectivity index (χ2v) is 6.51. The number of anilines is 2. The van der Waals surface area contributed by atoms with Gasteiger partial charge >= 0.3 is 0 Å². The van der Waals surface area contributed by atoms with Crippen LogP contribution in [0.1, 0.15) is 25.7 Å². The van der Waals surface area contributed by atoms with E-state index >= 15 is 0 Å². The van der Waals surface area contributed by atoms with Crippen LogP contribution in [0.2, 0.25) is 0 Å². The first-order valence-electron chi connectivity index (χ1n) is 8.73. The van der Waals surface area contributed by atoms with Crippen LogP contribution in [-0.2, 0) is 0 Å². The average molecular weight is 353 g/mol. The summed E-state index contributed by atoms with van der Waals surface area (Å²) in [6.07, 6.45) is 8.44. The van der Waals surface area contributed by atoms with E-state index in [1.807, 2.05) is 0 Å². The molecule has 0 aliphatic heterocycles. The topological polar surface area (TPSA) is 86.0 Å². The molecule has 3 aromatic rings. The number of nitrogens with zero attached hydrogens (tertiary/aromatic N) is 3. The van der Waals surface area contributed by atoms with Gasteiger partial charge < -0.3 is 15.8 Å². The Hall–Kier alpha value is -2.96. The third-order valence-corrected chi connectivity index (χ3v) is 4.63. The van der Waals surface area contributed by atoms with E-state index in [1.54, 1.807) is 36.8 Å². The van der Waals surface area contributed by atoms with Gasteiger partial charge in [0.1, 0.15) is 11.3 Å². The third kappa shape index (κ3) is 3.51. The van der Waals surface area contributed by atoms with Gasteiger partial charge in [-0.3, -0.25) is 4.98 Å². The molecule has 134 valence electrons. The summed E-state index contributed by atoms with van der Waals surface area (Å²) in [5, 5.41) is 3.19. The molecule has 0 amide bonds. The normalized spacial score (nSPS) is 20.0. The van der Waals surface area contributed by atoms with Gasteiger partial charge in [0.2, 0.25) is 0 Å². The summed E-state index contributed by atoms with van der Waals surface area (Å²) in [7, 11) is 0. The lowest BCUT2D eigenvalue weighted by Gasteiger charge is -2.30. The summed E-state index contributed by atoms with van der Waals surface area (Å²) in [5.74, 6) is 0.657. The molecule has 2 heterocycles. The second-order valence-electron chi connectivity index (χ2n) is 6.51. The van der Waals surface area contributed by atoms with Crippen molar-refractivity contribution in [3.05, 3.63) is 48.7 Å². The SMILES string of the molecule is Nc1cc(OC2CCC(Nc3ncccc3F)CC2)c2nccnc2c1. The Morgan fingerprint density at radius 1 is 1.04 bits per heavy atom. The fraction of sp³-hybridized carbons (Fsp3) is 0.316. The number of aromatic nitrogens is 3. The predicted molar refractivity (Wildman–Crippen MR) is 98.4 cm³/mol. The summed E-state index contributed by atoms with van der Waals surface area (Å²) in [6, 6.07) is 6.78. The first kappa shape index (κ1) is 16.5. The quantitative estimate of drug-likeness (QED) is 0.698. The van der Waals surface area contributed by atoms with E-state index in [4.69, 9.17) is 10.5 Å². The number of benzene rings is 1. The number of nitrogens with two attached hydrogens (primary N) is 1. The fourth-order valence-corrected chi connectivity index (χ4v) is 3.34. The molecule has 1 aliphatic carbocycles. The molecule has 1 aromatic carbocycles. The molecular formula is C19H20FN5O. The summed E-state index contributed by atoms with van der Waals surface area (Å²) < 4.78 is 19.9. The van der Waals surface area contributed by atoms with Gasteiger partial charge in [-0.2, -0.15) is 0 Å². The van der Waals surface area contributed by atoms with Crippen molar-refractivity contribution in [2.75, 3.05) is 11.1 Å². The van der Waals surface area contributed by atoms with E-state index < -0.39 is 0 Å². The van der Waals surface area contributed by atoms with Gasteiger partial charge in [0.25, 0.3) is 0 Å². The maximum Gasteiger partial charge on any atom is 0.165 e. The van der Waals surface area contributed by atoms with Gasteiger partial charge in [-0.15, -0.1) is 0 Å². The zero-order valence-electron chi connectivity index (χ0n) is 14.2. The van der Waals surface area contributed by atoms with Gasteiger partial charge in [-0.05, 0) is 43.9 Å². The van der Waals surface area contributed by atoms with Crippen LogP contribution in [0, 0.1) is 5.82 Å². The second kappa shape index (κ2) is 7.11. The van der Waals surface area contributed by atoms with E-state index in [-0.39, 0.29) is 18.0 Å². The molecule has 0 bridgehead atoms. The Morgan fingerprint density at radius 2 is 1.85 bits per heavy atom. The molecule has 3 N–H and O–H groups in total. The highest BCUT2D eigenvalue weighted by atomic mass is 19.1. The molecule has 4 rings (SSSR count). The van der Waals surface area contributed by atoms with Gasteiger partial charge in [0.15, 0.2) is 11.6 Å². The zero-order chi connectivity index (χ0) is 17.9. The minimum Gasteiger partial charge on any atom is -0.488 e. The zero-order valence-corrected chi connectivity index (χ0v) is 14.2. The molecule has 2 aromatic heterocycles. The number of hydrogen-bond donors (Lipinski definition) is 2. The number of ether oxygens (including phenoxy) is 1. The minimum absolute atomic E-state index is 0.0774. The van der Waals surface area contributed by atoms with E-state index in [9.17, 15) is 4.39 Å². The highest BCUT2D eigenvalue weighted by Gasteiger charge is 2.24. The highest BCUT2D eigenvalue weighted by Crippen LogP contribution is 2.30. The van der Waals surface area contributed by atoms with Crippen molar-refractivity contribution in [3.63, 3.8) is 0 Å². The first-order valence-corrected chi connectivity index (χ1v) is 8.73. The molecule has 1 fully saturated rings. The Balaban J connectivity index is 1.41. The van der Waals surface area contributed by atoms with Gasteiger partial charge in [-0.25, -0.2) is 14.4 Å². The lowest BCUT2D eigenvalue weighted by molar-refractivity contribution is 0.152. The summed E-state index contributed by atoms with van der Waals surface area (Å²) >= 11 is 0. The van der Waals surface area contributed by atoms with Crippen molar-refractivity contribution in [2.24, 2.45) is 0 Å². The number of fused-ring (bicyclic) bond motifs is 1. The number of rotatable bonds is 4. The van der Waals surface area contributed by atoms with Crippen molar-refractivity contribution >= 4 is 22.5 Å². The Bertz CT molecular complexity index is 911. The summed E-state index contributed by atoms with van der Waals surface area (Å²) in [6.45, 7) is 0. The van der Waals surface area contributed by atoms with E-state index in [2.05, 4.69) is 20.3 Å². The van der Waals surface area contributed by atoms with Crippen LogP contribution in [0.15, 0.2) is 42.9 Å². The minimum atomic E-state index is -0.323. The van der Waals surface area contributed by atoms with Crippen molar-refractivity contribution in [1.29, 1.82) is 0 Å². The maximum absolute atomic E-state index is 13.7. The molecule has 0 unspecified atom stereocenters. The van der Waals surface area contributed by atoms with Crippen molar-refractivity contribution in [3.8, 4) is 5.75 Å². The Labute approximate surface area is 150 Å². The molecule has 1 aliphatic rings. The van der Waals surface area contributed by atoms with Crippen LogP contribution in [0.25, 0.3) is 11.0 Å². The van der Waals surface area contributed by atoms with Crippen molar-refractivity contribution in [1.82, 2.24) is 15.0 Å². The predicted octanol–water partition coefficient (Wildman–Crippen LogP) is 3.55. The Kier molecular flexibility index (Phi) is 4.51. The maximum atomic E-state index is 13.7. The van der Waals surface area contributed by atoms with Gasteiger partial charge in [0.05, 0.1) is 11.6 Å². The Morgan fingerprint density at radius 3 is 2.65 bits per heavy atom. The molecule has 1 saturated carbocycles. The fourth-order valence-electron chi connectivity index (χ4n) is 3.34. The molecule has 0 spiro atoms. The molecule has 0 radical (unpaired) electrons. The number of hydrogen-bond acceptors (Lipinski definition) is 6. The molecule has 6 nitrogen and oxygen atoms in total. The van der Waals surface area contributed by atoms with Crippen LogP contribution in [0.5, 0.6) is 5.75 Å². The van der Waals surface area contributed by atoms with Crippen LogP contribution in [0.4, 0.5) is 15.9 Å². The lowest BCUT2D eigenvalue weighted by atomic mass is 9.93. The molecule has 7 heteroatoms. The molecular weight excluding hydrogens is 333 g/mol. The summed E-state index contributed by atoms with van der Waals surface area (Å²) in [5.41, 5.74) is 8.00. The van der Waals surface area contributed by atoms with Crippen LogP contribution in [-0.4, -0.2) is 27.1 Å². The van der Waals surface area contributed by atoms with Crippen LogP contribution < -0.4 is 15.8 Å². The number of pyridine rings is 1. The monoisotopic (exact) mass is 353 g/mol. The van der Waals surface area contributed by atoms with Crippen molar-refractivity contribution in [2.45, 2.75) is 37.8 Å². The summed E-state index contributed by atoms with van der Waals surface area (Å²) in [4.78, 5) is 12.7. The van der Waals surface area contributed by atoms with Crippen molar-refractivity contribution < 1.29 is 9.13 Å². The molecule has 0 saturated heterocycles. The molecule has 0 atom stereocenters. The van der Waals surface area contributed by atoms with E-state index in [0.717, 1.165) is 36.7 Å². The molecule has 26 heavy (non-hydrogen) atoms.